The molecule has 0 bridgehead atoms. The van der Waals surface area contributed by atoms with Crippen LogP contribution in [-0.4, -0.2) is 45.6 Å². The van der Waals surface area contributed by atoms with E-state index in [0.29, 0.717) is 6.61 Å². The van der Waals surface area contributed by atoms with Gasteiger partial charge in [-0.2, -0.15) is 0 Å². The number of hydrogen-bond donors (Lipinski definition) is 2. The normalized spacial score (nSPS) is 12.0. The van der Waals surface area contributed by atoms with Crippen LogP contribution < -0.4 is 14.8 Å². The van der Waals surface area contributed by atoms with Crippen LogP contribution in [0.1, 0.15) is 16.7 Å². The van der Waals surface area contributed by atoms with Crippen LogP contribution in [0.2, 0.25) is 0 Å². The molecule has 0 amide bonds. The van der Waals surface area contributed by atoms with E-state index in [4.69, 9.17) is 14.2 Å². The Balaban J connectivity index is 0.00000341. The van der Waals surface area contributed by atoms with E-state index in [9.17, 15) is 5.11 Å². The summed E-state index contributed by atoms with van der Waals surface area (Å²) in [6.45, 7) is 0.298. The molecule has 0 saturated heterocycles. The summed E-state index contributed by atoms with van der Waals surface area (Å²) in [5.74, 6) is 1.55. The Bertz CT molecular complexity index is 850. The zero-order valence-corrected chi connectivity index (χ0v) is 21.1. The van der Waals surface area contributed by atoms with Crippen molar-refractivity contribution in [2.24, 2.45) is 0 Å². The number of likely N-dealkylation sites (N-methyl/N-ethyl adjacent to an activating group) is 1. The molecule has 2 N–H and O–H groups in total. The van der Waals surface area contributed by atoms with E-state index in [1.807, 2.05) is 73.8 Å². The molecule has 1 radical (unpaired) electrons. The van der Waals surface area contributed by atoms with Crippen LogP contribution in [0, 0.1) is 0 Å². The number of nitrogens with one attached hydrogen (secondary N) is 1. The SMILES string of the molecule is CNC(CO)COC(c1ccccc1)(c1ccc(OC)cc1)c1ccc(OC)cc1.[Y]. The molecule has 3 rings (SSSR count). The van der Waals surface area contributed by atoms with E-state index in [1.54, 1.807) is 14.2 Å². The van der Waals surface area contributed by atoms with Gasteiger partial charge in [-0.25, -0.2) is 0 Å². The molecule has 161 valence electrons. The van der Waals surface area contributed by atoms with Crippen LogP contribution in [0.5, 0.6) is 11.5 Å². The van der Waals surface area contributed by atoms with Gasteiger partial charge in [-0.1, -0.05) is 54.6 Å². The van der Waals surface area contributed by atoms with Gasteiger partial charge in [0.15, 0.2) is 0 Å². The predicted molar refractivity (Wildman–Crippen MR) is 118 cm³/mol. The van der Waals surface area contributed by atoms with Crippen LogP contribution in [-0.2, 0) is 43.0 Å². The Kier molecular flexibility index (Phi) is 10.1. The van der Waals surface area contributed by atoms with Crippen molar-refractivity contribution in [2.45, 2.75) is 11.6 Å². The smallest absolute Gasteiger partial charge is 0.143 e. The average molecular weight is 496 g/mol. The zero-order valence-electron chi connectivity index (χ0n) is 18.2. The third-order valence-corrected chi connectivity index (χ3v) is 5.30. The molecule has 0 aliphatic rings. The van der Waals surface area contributed by atoms with Crippen LogP contribution in [0.4, 0.5) is 0 Å². The molecular weight excluding hydrogens is 467 g/mol. The van der Waals surface area contributed by atoms with Gasteiger partial charge in [0.05, 0.1) is 33.5 Å². The summed E-state index contributed by atoms with van der Waals surface area (Å²) in [6, 6.07) is 25.7. The van der Waals surface area contributed by atoms with Crippen molar-refractivity contribution in [3.8, 4) is 11.5 Å². The first-order valence-corrected chi connectivity index (χ1v) is 9.94. The van der Waals surface area contributed by atoms with Crippen LogP contribution in [0.15, 0.2) is 78.9 Å². The van der Waals surface area contributed by atoms with Gasteiger partial charge in [-0.15, -0.1) is 0 Å². The number of hydrogen-bond acceptors (Lipinski definition) is 5. The second kappa shape index (κ2) is 12.3. The molecule has 0 aromatic heterocycles. The van der Waals surface area contributed by atoms with Crippen molar-refractivity contribution in [1.82, 2.24) is 5.32 Å². The standard InChI is InChI=1S/C25H29NO4.Y/c1-26-22(17-27)18-30-25(19-7-5-4-6-8-19,20-9-13-23(28-2)14-10-20)21-11-15-24(29-3)16-12-21;/h4-16,22,26-27H,17-18H2,1-3H3;. The number of rotatable bonds is 10. The Labute approximate surface area is 209 Å². The quantitative estimate of drug-likeness (QED) is 0.421. The number of ether oxygens (including phenoxy) is 3. The topological polar surface area (TPSA) is 60.0 Å². The Morgan fingerprint density at radius 2 is 1.23 bits per heavy atom. The predicted octanol–water partition coefficient (Wildman–Crippen LogP) is 3.59. The molecule has 0 heterocycles. The van der Waals surface area contributed by atoms with Crippen molar-refractivity contribution in [1.29, 1.82) is 0 Å². The first-order valence-electron chi connectivity index (χ1n) is 9.94. The van der Waals surface area contributed by atoms with E-state index in [0.717, 1.165) is 28.2 Å². The van der Waals surface area contributed by atoms with Gasteiger partial charge in [-0.05, 0) is 48.0 Å². The fraction of sp³-hybridized carbons (Fsp3) is 0.280. The molecule has 1 atom stereocenters. The Morgan fingerprint density at radius 1 is 0.774 bits per heavy atom. The van der Waals surface area contributed by atoms with Crippen molar-refractivity contribution >= 4 is 0 Å². The molecule has 6 heteroatoms. The molecule has 0 saturated carbocycles. The first kappa shape index (κ1) is 25.5. The van der Waals surface area contributed by atoms with Crippen molar-refractivity contribution in [3.05, 3.63) is 95.6 Å². The molecule has 3 aromatic carbocycles. The molecule has 31 heavy (non-hydrogen) atoms. The molecule has 0 aliphatic carbocycles. The summed E-state index contributed by atoms with van der Waals surface area (Å²) in [7, 11) is 5.12. The summed E-state index contributed by atoms with van der Waals surface area (Å²) in [5, 5.41) is 12.8. The van der Waals surface area contributed by atoms with Gasteiger partial charge in [0.1, 0.15) is 17.1 Å². The van der Waals surface area contributed by atoms with Crippen molar-refractivity contribution < 1.29 is 52.0 Å². The fourth-order valence-corrected chi connectivity index (χ4v) is 3.53. The molecule has 1 unspecified atom stereocenters. The van der Waals surface area contributed by atoms with Crippen molar-refractivity contribution in [2.75, 3.05) is 34.5 Å². The van der Waals surface area contributed by atoms with Crippen LogP contribution in [0.25, 0.3) is 0 Å². The Morgan fingerprint density at radius 3 is 1.61 bits per heavy atom. The monoisotopic (exact) mass is 496 g/mol. The van der Waals surface area contributed by atoms with Gasteiger partial charge in [0.2, 0.25) is 0 Å². The van der Waals surface area contributed by atoms with E-state index < -0.39 is 5.60 Å². The molecule has 0 spiro atoms. The number of aliphatic hydroxyl groups excluding tert-OH is 1. The van der Waals surface area contributed by atoms with Gasteiger partial charge in [0.25, 0.3) is 0 Å². The largest absolute Gasteiger partial charge is 0.497 e. The van der Waals surface area contributed by atoms with Gasteiger partial charge < -0.3 is 24.6 Å². The number of methoxy groups -OCH3 is 2. The first-order chi connectivity index (χ1) is 14.7. The third kappa shape index (κ3) is 5.73. The van der Waals surface area contributed by atoms with Gasteiger partial charge >= 0.3 is 0 Å². The van der Waals surface area contributed by atoms with E-state index in [1.165, 1.54) is 0 Å². The second-order valence-electron chi connectivity index (χ2n) is 6.98. The van der Waals surface area contributed by atoms with Crippen molar-refractivity contribution in [3.63, 3.8) is 0 Å². The molecule has 0 fully saturated rings. The van der Waals surface area contributed by atoms with E-state index in [2.05, 4.69) is 17.4 Å². The van der Waals surface area contributed by atoms with Gasteiger partial charge in [-0.3, -0.25) is 0 Å². The molecule has 0 aliphatic heterocycles. The minimum atomic E-state index is -0.871. The number of aliphatic hydroxyl groups is 1. The number of benzene rings is 3. The molecule has 5 nitrogen and oxygen atoms in total. The molecule has 3 aromatic rings. The minimum absolute atomic E-state index is 0. The Hall–Kier alpha value is -1.76. The average Bonchev–Trinajstić information content (AvgIpc) is 2.83. The maximum absolute atomic E-state index is 9.70. The third-order valence-electron chi connectivity index (χ3n) is 5.30. The van der Waals surface area contributed by atoms with E-state index in [-0.39, 0.29) is 45.4 Å². The van der Waals surface area contributed by atoms with Crippen LogP contribution in [0.3, 0.4) is 0 Å². The summed E-state index contributed by atoms with van der Waals surface area (Å²) in [5.41, 5.74) is 2.05. The fourth-order valence-electron chi connectivity index (χ4n) is 3.53. The summed E-state index contributed by atoms with van der Waals surface area (Å²) >= 11 is 0. The van der Waals surface area contributed by atoms with Crippen LogP contribution >= 0.6 is 0 Å². The zero-order chi connectivity index (χ0) is 21.4. The molecular formula is C25H29NO4Y. The maximum Gasteiger partial charge on any atom is 0.143 e. The minimum Gasteiger partial charge on any atom is -0.497 e. The summed E-state index contributed by atoms with van der Waals surface area (Å²) in [4.78, 5) is 0. The second-order valence-corrected chi connectivity index (χ2v) is 6.98. The van der Waals surface area contributed by atoms with Gasteiger partial charge in [0, 0.05) is 32.7 Å². The van der Waals surface area contributed by atoms with E-state index >= 15 is 0 Å². The summed E-state index contributed by atoms with van der Waals surface area (Å²) < 4.78 is 17.4. The maximum atomic E-state index is 9.70. The summed E-state index contributed by atoms with van der Waals surface area (Å²) in [6.07, 6.45) is 0.